The highest BCUT2D eigenvalue weighted by atomic mass is 32.1. The Hall–Kier alpha value is -3.54. The van der Waals surface area contributed by atoms with Crippen LogP contribution in [0.25, 0.3) is 16.6 Å². The maximum absolute atomic E-state index is 14.4. The molecule has 0 unspecified atom stereocenters. The first kappa shape index (κ1) is 53.8. The third kappa shape index (κ3) is 24.9. The van der Waals surface area contributed by atoms with Gasteiger partial charge in [0.1, 0.15) is 18.9 Å². The van der Waals surface area contributed by atoms with Gasteiger partial charge in [0, 0.05) is 43.2 Å². The van der Waals surface area contributed by atoms with E-state index in [4.69, 9.17) is 14.2 Å². The molecule has 3 rings (SSSR count). The van der Waals surface area contributed by atoms with Gasteiger partial charge in [0.2, 0.25) is 0 Å². The van der Waals surface area contributed by atoms with Gasteiger partial charge in [-0.3, -0.25) is 14.4 Å². The zero-order valence-corrected chi connectivity index (χ0v) is 39.8. The van der Waals surface area contributed by atoms with Crippen LogP contribution < -0.4 is 0 Å². The summed E-state index contributed by atoms with van der Waals surface area (Å²) in [5.41, 5.74) is 2.17. The number of allylic oxidation sites excluding steroid dienone is 2. The first-order chi connectivity index (χ1) is 30.8. The average molecular weight is 898 g/mol. The van der Waals surface area contributed by atoms with Gasteiger partial charge >= 0.3 is 25.3 Å². The van der Waals surface area contributed by atoms with Gasteiger partial charge in [-0.05, 0) is 36.4 Å². The minimum Gasteiger partial charge on any atom is -0.462 e. The Balaban J connectivity index is 1.42. The summed E-state index contributed by atoms with van der Waals surface area (Å²) in [6.07, 6.45) is 35.6. The summed E-state index contributed by atoms with van der Waals surface area (Å²) in [5, 5.41) is 1.98. The first-order valence-electron chi connectivity index (χ1n) is 24.9. The number of nitrogens with one attached hydrogen (secondary N) is 1. The average Bonchev–Trinajstić information content (AvgIpc) is 4.07. The first-order valence-corrected chi connectivity index (χ1v) is 25.7. The number of thiophene rings is 1. The van der Waals surface area contributed by atoms with Crippen LogP contribution in [0.3, 0.4) is 0 Å². The molecule has 2 aromatic heterocycles. The summed E-state index contributed by atoms with van der Waals surface area (Å²) in [4.78, 5) is 42.8. The van der Waals surface area contributed by atoms with Gasteiger partial charge in [-0.25, -0.2) is 0 Å². The normalized spacial score (nSPS) is 13.3. The van der Waals surface area contributed by atoms with Gasteiger partial charge in [0.25, 0.3) is 0 Å². The van der Waals surface area contributed by atoms with Crippen LogP contribution in [0.2, 0.25) is 0 Å². The molecule has 0 saturated heterocycles. The van der Waals surface area contributed by atoms with Crippen molar-refractivity contribution in [2.75, 3.05) is 13.2 Å². The van der Waals surface area contributed by atoms with Crippen molar-refractivity contribution in [1.82, 2.24) is 4.98 Å². The van der Waals surface area contributed by atoms with Crippen LogP contribution in [0.5, 0.6) is 0 Å². The monoisotopic (exact) mass is 898 g/mol. The summed E-state index contributed by atoms with van der Waals surface area (Å²) >= 11 is 1.58. The molecule has 0 aliphatic carbocycles. The number of aromatic amines is 1. The lowest BCUT2D eigenvalue weighted by Gasteiger charge is -2.18. The third-order valence-corrected chi connectivity index (χ3v) is 12.6. The highest BCUT2D eigenvalue weighted by Gasteiger charge is 2.27. The largest absolute Gasteiger partial charge is 0.609 e. The summed E-state index contributed by atoms with van der Waals surface area (Å²) in [5.74, 6) is -1.43. The molecule has 1 N–H and O–H groups in total. The summed E-state index contributed by atoms with van der Waals surface area (Å²) in [6.45, 7) is 4.00. The maximum Gasteiger partial charge on any atom is 0.609 e. The van der Waals surface area contributed by atoms with Crippen molar-refractivity contribution in [3.8, 4) is 10.6 Å². The number of carbonyl (C=O) groups excluding carboxylic acids is 3. The van der Waals surface area contributed by atoms with Crippen molar-refractivity contribution in [1.29, 1.82) is 0 Å². The Labute approximate surface area is 383 Å². The third-order valence-electron chi connectivity index (χ3n) is 11.7. The van der Waals surface area contributed by atoms with Crippen molar-refractivity contribution in [3.05, 3.63) is 53.2 Å². The van der Waals surface area contributed by atoms with Gasteiger partial charge in [0.05, 0.1) is 17.0 Å². The highest BCUT2D eigenvalue weighted by Crippen LogP contribution is 2.26. The molecular formula is C51H80BF2N2O6S. The molecule has 63 heavy (non-hydrogen) atoms. The molecule has 1 radical (unpaired) electrons. The van der Waals surface area contributed by atoms with E-state index in [1.54, 1.807) is 29.6 Å². The van der Waals surface area contributed by atoms with E-state index in [0.29, 0.717) is 11.4 Å². The molecule has 353 valence electrons. The molecule has 0 spiro atoms. The molecule has 1 aliphatic heterocycles. The van der Waals surface area contributed by atoms with Crippen LogP contribution >= 0.6 is 11.3 Å². The van der Waals surface area contributed by atoms with Crippen LogP contribution in [0, 0.1) is 0 Å². The number of halogens is 2. The molecule has 12 heteroatoms. The number of hydrogen-bond acceptors (Lipinski definition) is 7. The van der Waals surface area contributed by atoms with E-state index in [1.165, 1.54) is 128 Å². The highest BCUT2D eigenvalue weighted by molar-refractivity contribution is 7.13. The Morgan fingerprint density at radius 2 is 1.11 bits per heavy atom. The van der Waals surface area contributed by atoms with Crippen molar-refractivity contribution < 1.29 is 41.7 Å². The van der Waals surface area contributed by atoms with E-state index in [9.17, 15) is 23.0 Å². The smallest absolute Gasteiger partial charge is 0.462 e. The Morgan fingerprint density at radius 1 is 0.635 bits per heavy atom. The number of carbonyl (C=O) groups is 3. The number of aromatic nitrogens is 1. The van der Waals surface area contributed by atoms with Crippen molar-refractivity contribution in [2.45, 2.75) is 213 Å². The quantitative estimate of drug-likeness (QED) is 0.0311. The van der Waals surface area contributed by atoms with Gasteiger partial charge in [-0.15, -0.1) is 11.3 Å². The van der Waals surface area contributed by atoms with Gasteiger partial charge < -0.3 is 32.3 Å². The summed E-state index contributed by atoms with van der Waals surface area (Å²) in [7, 11) is -2.82. The molecule has 0 fully saturated rings. The molecule has 0 atom stereocenters. The van der Waals surface area contributed by atoms with Gasteiger partial charge in [0.15, 0.2) is 11.8 Å². The summed E-state index contributed by atoms with van der Waals surface area (Å²) < 4.78 is 46.3. The second-order valence-corrected chi connectivity index (χ2v) is 18.3. The van der Waals surface area contributed by atoms with E-state index in [2.05, 4.69) is 18.8 Å². The van der Waals surface area contributed by atoms with Crippen LogP contribution in [0.15, 0.2) is 47.5 Å². The van der Waals surface area contributed by atoms with Crippen LogP contribution in [0.4, 0.5) is 8.63 Å². The molecular weight excluding hydrogens is 817 g/mol. The van der Waals surface area contributed by atoms with Gasteiger partial charge in [-0.1, -0.05) is 174 Å². The SMILES string of the molecule is CCCCCCCCCCCCCCCC(=O)OCC(COC(=O)CCCCCCCCCCCCCCC)OC(=O)CCC1=[N+]([B-](F)F)C(=Cc2ccc(-c3cccs3)[nH]2)C=C1. The lowest BCUT2D eigenvalue weighted by molar-refractivity contribution is -0.342. The minimum absolute atomic E-state index is 0.00652. The number of ether oxygens (including phenoxy) is 3. The van der Waals surface area contributed by atoms with E-state index < -0.39 is 19.5 Å². The summed E-state index contributed by atoms with van der Waals surface area (Å²) in [6, 6.07) is 7.69. The number of hydrogen-bond donors (Lipinski definition) is 1. The van der Waals surface area contributed by atoms with Crippen molar-refractivity contribution in [3.63, 3.8) is 0 Å². The molecule has 0 bridgehead atoms. The molecule has 0 saturated carbocycles. The molecule has 2 aromatic rings. The zero-order chi connectivity index (χ0) is 45.2. The standard InChI is InChI=1S/C51H80BF2N2O6S/c1-3-5-7-9-11-13-15-17-19-21-23-25-27-31-49(57)60-41-46(42-61-50(58)32-28-26-24-22-20-18-16-14-12-10-8-6-4-2)62-51(59)38-36-44-34-35-45(56(44)52(53)54)40-43-33-37-47(55-43)48-30-29-39-63-48/h29-30,33-35,37,39-40,46,55H,3-28,31-32,36,38,41-42H2,1-2H3. The molecule has 0 amide bonds. The predicted molar refractivity (Wildman–Crippen MR) is 256 cm³/mol. The Bertz CT molecular complexity index is 1580. The number of H-pyrrole nitrogens is 1. The molecule has 0 aromatic carbocycles. The Morgan fingerprint density at radius 3 is 1.56 bits per heavy atom. The lowest BCUT2D eigenvalue weighted by atomic mass is 10.0. The fraction of sp³-hybridized carbons (Fsp3) is 0.686. The van der Waals surface area contributed by atoms with E-state index in [1.807, 2.05) is 29.6 Å². The number of esters is 3. The van der Waals surface area contributed by atoms with E-state index >= 15 is 0 Å². The molecule has 3 heterocycles. The number of unbranched alkanes of at least 4 members (excludes halogenated alkanes) is 24. The fourth-order valence-corrected chi connectivity index (χ4v) is 8.69. The predicted octanol–water partition coefficient (Wildman–Crippen LogP) is 14.8. The van der Waals surface area contributed by atoms with Crippen LogP contribution in [-0.2, 0) is 28.6 Å². The second kappa shape index (κ2) is 34.8. The van der Waals surface area contributed by atoms with Gasteiger partial charge in [-0.2, -0.15) is 0 Å². The van der Waals surface area contributed by atoms with Crippen molar-refractivity contribution in [2.24, 2.45) is 0 Å². The second-order valence-electron chi connectivity index (χ2n) is 17.3. The van der Waals surface area contributed by atoms with E-state index in [-0.39, 0.29) is 56.5 Å². The van der Waals surface area contributed by atoms with Crippen LogP contribution in [-0.4, -0.2) is 59.8 Å². The van der Waals surface area contributed by atoms with Crippen molar-refractivity contribution >= 4 is 48.4 Å². The Kier molecular flexibility index (Phi) is 29.7. The van der Waals surface area contributed by atoms with E-state index in [0.717, 1.165) is 53.6 Å². The fourth-order valence-electron chi connectivity index (χ4n) is 7.98. The number of rotatable bonds is 39. The maximum atomic E-state index is 14.4. The minimum atomic E-state index is -2.82. The number of nitrogens with zero attached hydrogens (tertiary/aromatic N) is 1. The topological polar surface area (TPSA) is 97.7 Å². The molecule has 8 nitrogen and oxygen atoms in total. The zero-order valence-electron chi connectivity index (χ0n) is 39.0. The molecule has 1 aliphatic rings. The lowest BCUT2D eigenvalue weighted by Crippen LogP contribution is -2.31. The van der Waals surface area contributed by atoms with Crippen LogP contribution in [0.1, 0.15) is 212 Å².